The van der Waals surface area contributed by atoms with Gasteiger partial charge in [-0.25, -0.2) is 9.10 Å². The van der Waals surface area contributed by atoms with Gasteiger partial charge in [0, 0.05) is 32.2 Å². The molecule has 19 heavy (non-hydrogen) atoms. The van der Waals surface area contributed by atoms with E-state index < -0.39 is 0 Å². The third-order valence-electron chi connectivity index (χ3n) is 2.84. The molecule has 0 radical (unpaired) electrons. The van der Waals surface area contributed by atoms with E-state index in [0.29, 0.717) is 6.61 Å². The largest absolute Gasteiger partial charge is 0.463 e. The highest BCUT2D eigenvalue weighted by atomic mass is 127. The van der Waals surface area contributed by atoms with Gasteiger partial charge in [0.15, 0.2) is 0 Å². The van der Waals surface area contributed by atoms with Gasteiger partial charge in [-0.3, -0.25) is 0 Å². The minimum atomic E-state index is -0.222. The van der Waals surface area contributed by atoms with E-state index in [1.54, 1.807) is 9.12 Å². The molecule has 1 heterocycles. The van der Waals surface area contributed by atoms with Gasteiger partial charge in [0.25, 0.3) is 0 Å². The van der Waals surface area contributed by atoms with Crippen LogP contribution in [0.2, 0.25) is 0 Å². The van der Waals surface area contributed by atoms with Crippen molar-refractivity contribution < 1.29 is 9.53 Å². The van der Waals surface area contributed by atoms with Crippen molar-refractivity contribution >= 4 is 52.2 Å². The van der Waals surface area contributed by atoms with Crippen LogP contribution in [-0.2, 0) is 9.53 Å². The standard InChI is InChI=1S/C13H13BrINO2S/c1-2-18-13(17)11-6-7-16(19-15)12(11)9-4-3-5-10(14)8-9/h3-6,8,12H,2,7H2,1H3. The molecule has 0 saturated heterocycles. The average Bonchev–Trinajstić information content (AvgIpc) is 2.82. The number of benzene rings is 1. The lowest BCUT2D eigenvalue weighted by Gasteiger charge is -2.23. The SMILES string of the molecule is CCOC(=O)C1=CCN(SI)C1c1cccc(Br)c1. The van der Waals surface area contributed by atoms with E-state index in [-0.39, 0.29) is 12.0 Å². The lowest BCUT2D eigenvalue weighted by molar-refractivity contribution is -0.138. The third kappa shape index (κ3) is 3.53. The Kier molecular flexibility index (Phi) is 5.73. The molecule has 1 aromatic rings. The molecule has 1 aliphatic heterocycles. The highest BCUT2D eigenvalue weighted by molar-refractivity contribution is 14.2. The van der Waals surface area contributed by atoms with Crippen molar-refractivity contribution in [3.63, 3.8) is 0 Å². The summed E-state index contributed by atoms with van der Waals surface area (Å²) in [5.74, 6) is -0.222. The number of carbonyl (C=O) groups is 1. The van der Waals surface area contributed by atoms with Crippen LogP contribution in [-0.4, -0.2) is 23.4 Å². The molecule has 1 atom stereocenters. The number of nitrogens with zero attached hydrogens (tertiary/aromatic N) is 1. The highest BCUT2D eigenvalue weighted by Gasteiger charge is 2.33. The van der Waals surface area contributed by atoms with E-state index in [2.05, 4.69) is 41.4 Å². The van der Waals surface area contributed by atoms with Crippen LogP contribution in [0.4, 0.5) is 0 Å². The van der Waals surface area contributed by atoms with Crippen LogP contribution >= 0.6 is 46.3 Å². The summed E-state index contributed by atoms with van der Waals surface area (Å²) in [6, 6.07) is 8.00. The number of carbonyl (C=O) groups excluding carboxylic acids is 1. The molecule has 102 valence electrons. The Morgan fingerprint density at radius 1 is 1.63 bits per heavy atom. The lowest BCUT2D eigenvalue weighted by atomic mass is 10.0. The molecular formula is C13H13BrINO2S. The molecule has 1 aliphatic rings. The first-order valence-electron chi connectivity index (χ1n) is 5.85. The second kappa shape index (κ2) is 7.10. The first-order valence-corrected chi connectivity index (χ1v) is 9.96. The Labute approximate surface area is 137 Å². The number of halogens is 2. The molecule has 2 rings (SSSR count). The molecular weight excluding hydrogens is 441 g/mol. The first-order chi connectivity index (χ1) is 9.17. The van der Waals surface area contributed by atoms with E-state index in [1.165, 1.54) is 0 Å². The minimum Gasteiger partial charge on any atom is -0.463 e. The minimum absolute atomic E-state index is 0.0431. The fourth-order valence-electron chi connectivity index (χ4n) is 2.06. The van der Waals surface area contributed by atoms with E-state index in [0.717, 1.165) is 22.2 Å². The number of ether oxygens (including phenoxy) is 1. The predicted molar refractivity (Wildman–Crippen MR) is 89.9 cm³/mol. The quantitative estimate of drug-likeness (QED) is 0.386. The highest BCUT2D eigenvalue weighted by Crippen LogP contribution is 2.41. The Hall–Kier alpha value is -0.0500. The average molecular weight is 454 g/mol. The van der Waals surface area contributed by atoms with Crippen molar-refractivity contribution in [2.45, 2.75) is 13.0 Å². The van der Waals surface area contributed by atoms with Gasteiger partial charge in [-0.15, -0.1) is 0 Å². The maximum absolute atomic E-state index is 12.0. The van der Waals surface area contributed by atoms with Crippen LogP contribution < -0.4 is 0 Å². The van der Waals surface area contributed by atoms with Gasteiger partial charge in [-0.2, -0.15) is 0 Å². The molecule has 3 nitrogen and oxygen atoms in total. The van der Waals surface area contributed by atoms with E-state index in [9.17, 15) is 4.79 Å². The predicted octanol–water partition coefficient (Wildman–Crippen LogP) is 4.29. The van der Waals surface area contributed by atoms with Crippen LogP contribution in [0.3, 0.4) is 0 Å². The van der Waals surface area contributed by atoms with Crippen molar-refractivity contribution in [1.82, 2.24) is 4.31 Å². The summed E-state index contributed by atoms with van der Waals surface area (Å²) in [6.45, 7) is 2.98. The van der Waals surface area contributed by atoms with Gasteiger partial charge in [0.2, 0.25) is 0 Å². The maximum atomic E-state index is 12.0. The van der Waals surface area contributed by atoms with Crippen LogP contribution in [0.25, 0.3) is 0 Å². The number of hydrogen-bond acceptors (Lipinski definition) is 4. The van der Waals surface area contributed by atoms with Gasteiger partial charge in [-0.05, 0) is 33.7 Å². The number of hydrogen-bond donors (Lipinski definition) is 0. The van der Waals surface area contributed by atoms with Crippen molar-refractivity contribution in [2.24, 2.45) is 0 Å². The number of esters is 1. The van der Waals surface area contributed by atoms with E-state index >= 15 is 0 Å². The molecule has 0 amide bonds. The summed E-state index contributed by atoms with van der Waals surface area (Å²) in [5.41, 5.74) is 1.82. The molecule has 0 saturated carbocycles. The lowest BCUT2D eigenvalue weighted by Crippen LogP contribution is -2.21. The molecule has 0 bridgehead atoms. The summed E-state index contributed by atoms with van der Waals surface area (Å²) in [5, 5.41) is 0. The summed E-state index contributed by atoms with van der Waals surface area (Å²) in [6.07, 6.45) is 1.95. The van der Waals surface area contributed by atoms with Crippen LogP contribution in [0.1, 0.15) is 18.5 Å². The van der Waals surface area contributed by atoms with Crippen molar-refractivity contribution in [1.29, 1.82) is 0 Å². The summed E-state index contributed by atoms with van der Waals surface area (Å²) < 4.78 is 8.32. The molecule has 0 fully saturated rings. The molecule has 1 aromatic carbocycles. The molecule has 0 N–H and O–H groups in total. The Balaban J connectivity index is 2.32. The van der Waals surface area contributed by atoms with Crippen LogP contribution in [0.15, 0.2) is 40.4 Å². The van der Waals surface area contributed by atoms with Crippen molar-refractivity contribution in [3.8, 4) is 0 Å². The third-order valence-corrected chi connectivity index (χ3v) is 5.39. The Morgan fingerprint density at radius 3 is 3.05 bits per heavy atom. The topological polar surface area (TPSA) is 29.5 Å². The Morgan fingerprint density at radius 2 is 2.42 bits per heavy atom. The van der Waals surface area contributed by atoms with Crippen LogP contribution in [0, 0.1) is 0 Å². The summed E-state index contributed by atoms with van der Waals surface area (Å²) >= 11 is 5.72. The molecule has 0 aromatic heterocycles. The second-order valence-corrected chi connectivity index (χ2v) is 6.71. The Bertz CT molecular complexity index is 509. The zero-order valence-corrected chi connectivity index (χ0v) is 14.9. The molecule has 0 aliphatic carbocycles. The van der Waals surface area contributed by atoms with Crippen LogP contribution in [0.5, 0.6) is 0 Å². The van der Waals surface area contributed by atoms with Gasteiger partial charge in [0.1, 0.15) is 0 Å². The van der Waals surface area contributed by atoms with Crippen molar-refractivity contribution in [2.75, 3.05) is 13.2 Å². The van der Waals surface area contributed by atoms with Gasteiger partial charge in [-0.1, -0.05) is 34.1 Å². The van der Waals surface area contributed by atoms with Gasteiger partial charge >= 0.3 is 5.97 Å². The fourth-order valence-corrected chi connectivity index (χ4v) is 4.09. The van der Waals surface area contributed by atoms with E-state index in [1.807, 2.05) is 37.3 Å². The smallest absolute Gasteiger partial charge is 0.335 e. The van der Waals surface area contributed by atoms with Gasteiger partial charge in [0.05, 0.1) is 18.2 Å². The second-order valence-electron chi connectivity index (χ2n) is 4.01. The zero-order chi connectivity index (χ0) is 13.8. The zero-order valence-electron chi connectivity index (χ0n) is 10.3. The van der Waals surface area contributed by atoms with Gasteiger partial charge < -0.3 is 4.74 Å². The summed E-state index contributed by atoms with van der Waals surface area (Å²) in [4.78, 5) is 12.0. The normalized spacial score (nSPS) is 19.3. The summed E-state index contributed by atoms with van der Waals surface area (Å²) in [7, 11) is 1.61. The maximum Gasteiger partial charge on any atom is 0.335 e. The molecule has 0 spiro atoms. The van der Waals surface area contributed by atoms with E-state index in [4.69, 9.17) is 4.74 Å². The molecule has 6 heteroatoms. The molecule has 1 unspecified atom stereocenters. The fraction of sp³-hybridized carbons (Fsp3) is 0.308. The number of rotatable bonds is 4. The first kappa shape index (κ1) is 15.3. The monoisotopic (exact) mass is 453 g/mol. The van der Waals surface area contributed by atoms with Crippen molar-refractivity contribution in [3.05, 3.63) is 46.0 Å².